The summed E-state index contributed by atoms with van der Waals surface area (Å²) in [7, 11) is 5.48. The number of amides is 2. The molecule has 2 aromatic heterocycles. The SMILES string of the molecule is CNC(=O)n1ccc2cc(N(CCCOC)c3ccnc(NC(=O)c4ccc(CCN5CCN(C)CC5)cc4)c3)ccc21. The van der Waals surface area contributed by atoms with Gasteiger partial charge in [0.1, 0.15) is 5.82 Å². The molecular weight excluding hydrogens is 542 g/mol. The third-order valence-electron chi connectivity index (χ3n) is 7.97. The molecule has 1 aliphatic heterocycles. The highest BCUT2D eigenvalue weighted by atomic mass is 16.5. The van der Waals surface area contributed by atoms with Crippen molar-refractivity contribution in [3.05, 3.63) is 84.2 Å². The Kier molecular flexibility index (Phi) is 10.0. The summed E-state index contributed by atoms with van der Waals surface area (Å²) >= 11 is 0. The number of benzene rings is 2. The summed E-state index contributed by atoms with van der Waals surface area (Å²) in [6.07, 6.45) is 5.24. The van der Waals surface area contributed by atoms with Crippen molar-refractivity contribution in [2.75, 3.05) is 77.3 Å². The maximum atomic E-state index is 13.1. The molecule has 0 aliphatic carbocycles. The van der Waals surface area contributed by atoms with Gasteiger partial charge in [-0.25, -0.2) is 9.78 Å². The maximum absolute atomic E-state index is 13.1. The Balaban J connectivity index is 1.28. The second-order valence-corrected chi connectivity index (χ2v) is 10.9. The van der Waals surface area contributed by atoms with Crippen molar-refractivity contribution in [3.63, 3.8) is 0 Å². The molecule has 2 aromatic carbocycles. The number of ether oxygens (including phenoxy) is 1. The minimum Gasteiger partial charge on any atom is -0.385 e. The highest BCUT2D eigenvalue weighted by Crippen LogP contribution is 2.30. The van der Waals surface area contributed by atoms with Crippen molar-refractivity contribution in [2.45, 2.75) is 12.8 Å². The van der Waals surface area contributed by atoms with Crippen LogP contribution in [0.4, 0.5) is 22.0 Å². The van der Waals surface area contributed by atoms with Crippen LogP contribution in [0.2, 0.25) is 0 Å². The lowest BCUT2D eigenvalue weighted by Crippen LogP contribution is -2.45. The van der Waals surface area contributed by atoms with Crippen LogP contribution >= 0.6 is 0 Å². The summed E-state index contributed by atoms with van der Waals surface area (Å²) in [4.78, 5) is 36.8. The quantitative estimate of drug-likeness (QED) is 0.252. The van der Waals surface area contributed by atoms with Gasteiger partial charge in [0.05, 0.1) is 5.52 Å². The molecule has 4 aromatic rings. The van der Waals surface area contributed by atoms with E-state index in [-0.39, 0.29) is 11.9 Å². The molecule has 1 fully saturated rings. The number of fused-ring (bicyclic) bond motifs is 1. The van der Waals surface area contributed by atoms with Crippen molar-refractivity contribution in [1.29, 1.82) is 0 Å². The van der Waals surface area contributed by atoms with Gasteiger partial charge in [-0.1, -0.05) is 12.1 Å². The molecule has 10 nitrogen and oxygen atoms in total. The van der Waals surface area contributed by atoms with E-state index >= 15 is 0 Å². The molecule has 0 bridgehead atoms. The first-order chi connectivity index (χ1) is 20.9. The van der Waals surface area contributed by atoms with E-state index in [1.54, 1.807) is 31.1 Å². The van der Waals surface area contributed by atoms with Gasteiger partial charge in [0.15, 0.2) is 0 Å². The van der Waals surface area contributed by atoms with E-state index in [2.05, 4.69) is 43.4 Å². The van der Waals surface area contributed by atoms with E-state index in [4.69, 9.17) is 4.74 Å². The number of methoxy groups -OCH3 is 1. The average Bonchev–Trinajstić information content (AvgIpc) is 3.46. The largest absolute Gasteiger partial charge is 0.385 e. The molecule has 43 heavy (non-hydrogen) atoms. The Morgan fingerprint density at radius 2 is 1.74 bits per heavy atom. The van der Waals surface area contributed by atoms with Gasteiger partial charge in [-0.2, -0.15) is 0 Å². The van der Waals surface area contributed by atoms with Crippen molar-refractivity contribution >= 4 is 40.0 Å². The molecule has 226 valence electrons. The van der Waals surface area contributed by atoms with Gasteiger partial charge >= 0.3 is 6.03 Å². The number of nitrogens with one attached hydrogen (secondary N) is 2. The number of rotatable bonds is 11. The van der Waals surface area contributed by atoms with Gasteiger partial charge in [-0.05, 0) is 67.9 Å². The number of hydrogen-bond acceptors (Lipinski definition) is 7. The van der Waals surface area contributed by atoms with Crippen LogP contribution in [0.3, 0.4) is 0 Å². The number of piperazine rings is 1. The monoisotopic (exact) mass is 583 g/mol. The van der Waals surface area contributed by atoms with E-state index in [0.717, 1.165) is 67.8 Å². The predicted octanol–water partition coefficient (Wildman–Crippen LogP) is 4.44. The predicted molar refractivity (Wildman–Crippen MR) is 172 cm³/mol. The lowest BCUT2D eigenvalue weighted by atomic mass is 10.1. The van der Waals surface area contributed by atoms with Crippen LogP contribution < -0.4 is 15.5 Å². The van der Waals surface area contributed by atoms with Gasteiger partial charge in [-0.15, -0.1) is 0 Å². The number of carbonyl (C=O) groups is 2. The van der Waals surface area contributed by atoms with Crippen molar-refractivity contribution in [2.24, 2.45) is 0 Å². The molecule has 10 heteroatoms. The topological polar surface area (TPSA) is 95.0 Å². The number of aromatic nitrogens is 2. The van der Waals surface area contributed by atoms with E-state index in [0.29, 0.717) is 24.5 Å². The fourth-order valence-corrected chi connectivity index (χ4v) is 5.40. The van der Waals surface area contributed by atoms with Gasteiger partial charge in [0.2, 0.25) is 0 Å². The molecule has 2 N–H and O–H groups in total. The number of anilines is 3. The molecule has 5 rings (SSSR count). The smallest absolute Gasteiger partial charge is 0.325 e. The fourth-order valence-electron chi connectivity index (χ4n) is 5.40. The molecule has 0 saturated carbocycles. The molecule has 0 spiro atoms. The molecule has 2 amide bonds. The van der Waals surface area contributed by atoms with Crippen LogP contribution in [0, 0.1) is 0 Å². The molecular formula is C33H41N7O3. The zero-order valence-corrected chi connectivity index (χ0v) is 25.3. The zero-order valence-electron chi connectivity index (χ0n) is 25.3. The minimum atomic E-state index is -0.196. The van der Waals surface area contributed by atoms with Crippen LogP contribution in [-0.2, 0) is 11.2 Å². The van der Waals surface area contributed by atoms with Crippen molar-refractivity contribution in [1.82, 2.24) is 24.7 Å². The number of likely N-dealkylation sites (N-methyl/N-ethyl adjacent to an activating group) is 1. The van der Waals surface area contributed by atoms with Crippen LogP contribution in [0.15, 0.2) is 73.1 Å². The lowest BCUT2D eigenvalue weighted by Gasteiger charge is -2.32. The number of hydrogen-bond donors (Lipinski definition) is 2. The number of pyridine rings is 1. The first-order valence-corrected chi connectivity index (χ1v) is 14.8. The summed E-state index contributed by atoms with van der Waals surface area (Å²) in [5, 5.41) is 6.59. The van der Waals surface area contributed by atoms with Crippen LogP contribution in [0.1, 0.15) is 22.3 Å². The number of carbonyl (C=O) groups excluding carboxylic acids is 2. The number of nitrogens with zero attached hydrogens (tertiary/aromatic N) is 5. The van der Waals surface area contributed by atoms with Crippen molar-refractivity contribution in [3.8, 4) is 0 Å². The Labute approximate surface area is 253 Å². The second-order valence-electron chi connectivity index (χ2n) is 10.9. The summed E-state index contributed by atoms with van der Waals surface area (Å²) in [5.74, 6) is 0.281. The summed E-state index contributed by atoms with van der Waals surface area (Å²) in [6.45, 7) is 6.78. The summed E-state index contributed by atoms with van der Waals surface area (Å²) < 4.78 is 6.90. The van der Waals surface area contributed by atoms with Crippen LogP contribution in [0.25, 0.3) is 10.9 Å². The molecule has 1 saturated heterocycles. The maximum Gasteiger partial charge on any atom is 0.325 e. The normalized spacial score (nSPS) is 14.1. The van der Waals surface area contributed by atoms with E-state index in [1.807, 2.05) is 54.6 Å². The van der Waals surface area contributed by atoms with Crippen LogP contribution in [-0.4, -0.2) is 98.4 Å². The summed E-state index contributed by atoms with van der Waals surface area (Å²) in [6, 6.07) is 19.4. The van der Waals surface area contributed by atoms with E-state index in [9.17, 15) is 9.59 Å². The Morgan fingerprint density at radius 1 is 0.977 bits per heavy atom. The molecule has 0 atom stereocenters. The van der Waals surface area contributed by atoms with Gasteiger partial charge < -0.3 is 30.1 Å². The van der Waals surface area contributed by atoms with Gasteiger partial charge in [-0.3, -0.25) is 9.36 Å². The first-order valence-electron chi connectivity index (χ1n) is 14.8. The standard InChI is InChI=1S/C33H41N7O3/c1-34-33(42)40-17-13-27-23-28(9-10-30(27)40)39(15-4-22-43-3)29-11-14-35-31(24-29)36-32(41)26-7-5-25(6-8-26)12-16-38-20-18-37(2)19-21-38/h5-11,13-14,17,23-24H,4,12,15-16,18-22H2,1-3H3,(H,34,42)(H,35,36,41). The first kappa shape index (κ1) is 30.2. The molecule has 1 aliphatic rings. The van der Waals surface area contributed by atoms with Gasteiger partial charge in [0, 0.05) is 101 Å². The Hall–Kier alpha value is -4.25. The van der Waals surface area contributed by atoms with E-state index < -0.39 is 0 Å². The van der Waals surface area contributed by atoms with Crippen molar-refractivity contribution < 1.29 is 14.3 Å². The average molecular weight is 584 g/mol. The highest BCUT2D eigenvalue weighted by molar-refractivity contribution is 6.04. The third kappa shape index (κ3) is 7.59. The molecule has 3 heterocycles. The summed E-state index contributed by atoms with van der Waals surface area (Å²) in [5.41, 5.74) is 4.51. The zero-order chi connectivity index (χ0) is 30.2. The molecule has 0 unspecified atom stereocenters. The Bertz CT molecular complexity index is 1530. The fraction of sp³-hybridized carbons (Fsp3) is 0.364. The second kappa shape index (κ2) is 14.3. The Morgan fingerprint density at radius 3 is 2.49 bits per heavy atom. The van der Waals surface area contributed by atoms with E-state index in [1.165, 1.54) is 5.56 Å². The molecule has 0 radical (unpaired) electrons. The minimum absolute atomic E-state index is 0.186. The van der Waals surface area contributed by atoms with Gasteiger partial charge in [0.25, 0.3) is 5.91 Å². The van der Waals surface area contributed by atoms with Crippen LogP contribution in [0.5, 0.6) is 0 Å². The lowest BCUT2D eigenvalue weighted by molar-refractivity contribution is 0.102. The highest BCUT2D eigenvalue weighted by Gasteiger charge is 2.16. The third-order valence-corrected chi connectivity index (χ3v) is 7.97.